The van der Waals surface area contributed by atoms with Crippen LogP contribution in [0.25, 0.3) is 0 Å². The maximum absolute atomic E-state index is 4.30. The van der Waals surface area contributed by atoms with E-state index in [-0.39, 0.29) is 0 Å². The Labute approximate surface area is 110 Å². The summed E-state index contributed by atoms with van der Waals surface area (Å²) >= 11 is 0. The first-order chi connectivity index (χ1) is 8.59. The molecule has 1 atom stereocenters. The lowest BCUT2D eigenvalue weighted by atomic mass is 10.3. The van der Waals surface area contributed by atoms with Crippen molar-refractivity contribution in [3.63, 3.8) is 0 Å². The fourth-order valence-corrected chi connectivity index (χ4v) is 2.21. The summed E-state index contributed by atoms with van der Waals surface area (Å²) in [6.45, 7) is 8.32. The van der Waals surface area contributed by atoms with Crippen molar-refractivity contribution in [2.24, 2.45) is 0 Å². The highest BCUT2D eigenvalue weighted by atomic mass is 15.4. The molecule has 102 valence electrons. The van der Waals surface area contributed by atoms with Gasteiger partial charge in [0.2, 0.25) is 0 Å². The fourth-order valence-electron chi connectivity index (χ4n) is 2.21. The van der Waals surface area contributed by atoms with Gasteiger partial charge in [0.1, 0.15) is 12.2 Å². The van der Waals surface area contributed by atoms with E-state index in [1.54, 1.807) is 6.33 Å². The van der Waals surface area contributed by atoms with E-state index in [9.17, 15) is 0 Å². The van der Waals surface area contributed by atoms with Crippen LogP contribution in [-0.2, 0) is 6.54 Å². The molecule has 1 aliphatic carbocycles. The van der Waals surface area contributed by atoms with Gasteiger partial charge in [-0.05, 0) is 40.7 Å². The van der Waals surface area contributed by atoms with Crippen molar-refractivity contribution in [3.8, 4) is 0 Å². The van der Waals surface area contributed by atoms with Crippen LogP contribution in [0.3, 0.4) is 0 Å². The summed E-state index contributed by atoms with van der Waals surface area (Å²) in [6, 6.07) is 1.77. The van der Waals surface area contributed by atoms with Crippen LogP contribution in [0.4, 0.5) is 0 Å². The van der Waals surface area contributed by atoms with Crippen molar-refractivity contribution in [2.45, 2.75) is 58.3 Å². The van der Waals surface area contributed by atoms with Gasteiger partial charge in [-0.2, -0.15) is 5.10 Å². The first-order valence-electron chi connectivity index (χ1n) is 6.90. The maximum Gasteiger partial charge on any atom is 0.141 e. The summed E-state index contributed by atoms with van der Waals surface area (Å²) < 4.78 is 1.97. The molecule has 18 heavy (non-hydrogen) atoms. The van der Waals surface area contributed by atoms with Gasteiger partial charge in [0.15, 0.2) is 0 Å². The average Bonchev–Trinajstić information content (AvgIpc) is 3.07. The summed E-state index contributed by atoms with van der Waals surface area (Å²) in [5.74, 6) is 1.02. The summed E-state index contributed by atoms with van der Waals surface area (Å²) in [7, 11) is 2.22. The number of hydrogen-bond acceptors (Lipinski definition) is 4. The quantitative estimate of drug-likeness (QED) is 0.796. The molecule has 1 aromatic rings. The minimum atomic E-state index is 0.371. The van der Waals surface area contributed by atoms with Gasteiger partial charge >= 0.3 is 0 Å². The Bertz CT molecular complexity index is 369. The summed E-state index contributed by atoms with van der Waals surface area (Å²) in [6.07, 6.45) is 4.36. The summed E-state index contributed by atoms with van der Waals surface area (Å²) in [4.78, 5) is 6.77. The highest BCUT2D eigenvalue weighted by Crippen LogP contribution is 2.26. The minimum absolute atomic E-state index is 0.371. The molecule has 0 bridgehead atoms. The Kier molecular flexibility index (Phi) is 4.35. The van der Waals surface area contributed by atoms with Gasteiger partial charge in [-0.3, -0.25) is 4.90 Å². The molecular weight excluding hydrogens is 226 g/mol. The number of hydrogen-bond donors (Lipinski definition) is 1. The summed E-state index contributed by atoms with van der Waals surface area (Å²) in [5, 5.41) is 7.72. The lowest BCUT2D eigenvalue weighted by molar-refractivity contribution is 0.240. The van der Waals surface area contributed by atoms with Gasteiger partial charge in [-0.25, -0.2) is 9.67 Å². The molecule has 5 heteroatoms. The van der Waals surface area contributed by atoms with Crippen molar-refractivity contribution in [1.29, 1.82) is 0 Å². The molecule has 0 radical (unpaired) electrons. The molecule has 2 rings (SSSR count). The standard InChI is InChI=1S/C13H25N5/c1-10(2)18-13(15-9-16-18)8-14-7-11(3)17(4)12-5-6-12/h9-12,14H,5-8H2,1-4H3. The van der Waals surface area contributed by atoms with Crippen LogP contribution in [0.15, 0.2) is 6.33 Å². The topological polar surface area (TPSA) is 46.0 Å². The molecule has 1 fully saturated rings. The second-order valence-corrected chi connectivity index (χ2v) is 5.59. The van der Waals surface area contributed by atoms with Crippen molar-refractivity contribution in [2.75, 3.05) is 13.6 Å². The molecule has 0 saturated heterocycles. The van der Waals surface area contributed by atoms with Gasteiger partial charge in [-0.1, -0.05) is 0 Å². The van der Waals surface area contributed by atoms with Crippen LogP contribution in [0, 0.1) is 0 Å². The van der Waals surface area contributed by atoms with Crippen molar-refractivity contribution < 1.29 is 0 Å². The molecule has 1 N–H and O–H groups in total. The van der Waals surface area contributed by atoms with Crippen LogP contribution < -0.4 is 5.32 Å². The molecule has 0 aliphatic heterocycles. The number of rotatable bonds is 7. The van der Waals surface area contributed by atoms with Gasteiger partial charge in [0.25, 0.3) is 0 Å². The van der Waals surface area contributed by atoms with E-state index >= 15 is 0 Å². The number of likely N-dealkylation sites (N-methyl/N-ethyl adjacent to an activating group) is 1. The second kappa shape index (κ2) is 5.80. The van der Waals surface area contributed by atoms with Crippen LogP contribution in [-0.4, -0.2) is 45.3 Å². The fraction of sp³-hybridized carbons (Fsp3) is 0.846. The van der Waals surface area contributed by atoms with E-state index in [0.717, 1.165) is 25.0 Å². The lowest BCUT2D eigenvalue weighted by Crippen LogP contribution is -2.39. The molecule has 1 aromatic heterocycles. The normalized spacial score (nSPS) is 17.7. The van der Waals surface area contributed by atoms with E-state index < -0.39 is 0 Å². The Morgan fingerprint density at radius 3 is 2.78 bits per heavy atom. The minimum Gasteiger partial charge on any atom is -0.308 e. The number of nitrogens with zero attached hydrogens (tertiary/aromatic N) is 4. The highest BCUT2D eigenvalue weighted by molar-refractivity contribution is 4.88. The lowest BCUT2D eigenvalue weighted by Gasteiger charge is -2.24. The Morgan fingerprint density at radius 2 is 2.17 bits per heavy atom. The van der Waals surface area contributed by atoms with E-state index in [1.807, 2.05) is 4.68 Å². The van der Waals surface area contributed by atoms with Crippen molar-refractivity contribution >= 4 is 0 Å². The van der Waals surface area contributed by atoms with E-state index in [2.05, 4.69) is 48.1 Å². The number of aromatic nitrogens is 3. The van der Waals surface area contributed by atoms with E-state index in [0.29, 0.717) is 12.1 Å². The smallest absolute Gasteiger partial charge is 0.141 e. The third-order valence-electron chi connectivity index (χ3n) is 3.68. The first-order valence-corrected chi connectivity index (χ1v) is 6.90. The van der Waals surface area contributed by atoms with Crippen LogP contribution >= 0.6 is 0 Å². The average molecular weight is 251 g/mol. The van der Waals surface area contributed by atoms with E-state index in [1.165, 1.54) is 12.8 Å². The Morgan fingerprint density at radius 1 is 1.44 bits per heavy atom. The van der Waals surface area contributed by atoms with Crippen molar-refractivity contribution in [1.82, 2.24) is 25.0 Å². The zero-order valence-electron chi connectivity index (χ0n) is 11.9. The van der Waals surface area contributed by atoms with Gasteiger partial charge in [0.05, 0.1) is 6.54 Å². The monoisotopic (exact) mass is 251 g/mol. The highest BCUT2D eigenvalue weighted by Gasteiger charge is 2.28. The molecule has 0 aromatic carbocycles. The van der Waals surface area contributed by atoms with Gasteiger partial charge in [-0.15, -0.1) is 0 Å². The molecule has 1 heterocycles. The molecular formula is C13H25N5. The van der Waals surface area contributed by atoms with Gasteiger partial charge in [0, 0.05) is 24.7 Å². The summed E-state index contributed by atoms with van der Waals surface area (Å²) in [5.41, 5.74) is 0. The number of nitrogens with one attached hydrogen (secondary N) is 1. The van der Waals surface area contributed by atoms with Crippen LogP contribution in [0.5, 0.6) is 0 Å². The zero-order chi connectivity index (χ0) is 13.1. The zero-order valence-corrected chi connectivity index (χ0v) is 11.9. The predicted octanol–water partition coefficient (Wildman–Crippen LogP) is 1.43. The SMILES string of the molecule is CC(CNCc1ncnn1C(C)C)N(C)C1CC1. The first kappa shape index (κ1) is 13.5. The molecule has 1 saturated carbocycles. The molecule has 5 nitrogen and oxygen atoms in total. The maximum atomic E-state index is 4.30. The third-order valence-corrected chi connectivity index (χ3v) is 3.68. The molecule has 1 aliphatic rings. The third kappa shape index (κ3) is 3.29. The van der Waals surface area contributed by atoms with E-state index in [4.69, 9.17) is 0 Å². The molecule has 0 spiro atoms. The molecule has 0 amide bonds. The Balaban J connectivity index is 1.75. The second-order valence-electron chi connectivity index (χ2n) is 5.59. The van der Waals surface area contributed by atoms with Gasteiger partial charge < -0.3 is 5.32 Å². The van der Waals surface area contributed by atoms with Crippen molar-refractivity contribution in [3.05, 3.63) is 12.2 Å². The molecule has 1 unspecified atom stereocenters. The van der Waals surface area contributed by atoms with Crippen LogP contribution in [0.1, 0.15) is 45.5 Å². The van der Waals surface area contributed by atoms with Crippen LogP contribution in [0.2, 0.25) is 0 Å². The largest absolute Gasteiger partial charge is 0.308 e. The predicted molar refractivity (Wildman–Crippen MR) is 72.4 cm³/mol. The Hall–Kier alpha value is -0.940.